The summed E-state index contributed by atoms with van der Waals surface area (Å²) in [7, 11) is 1.71. The molecule has 1 aliphatic rings. The van der Waals surface area contributed by atoms with E-state index in [2.05, 4.69) is 4.98 Å². The van der Waals surface area contributed by atoms with Gasteiger partial charge >= 0.3 is 5.97 Å². The largest absolute Gasteiger partial charge is 0.481 e. The number of rotatable bonds is 6. The van der Waals surface area contributed by atoms with Crippen molar-refractivity contribution in [2.24, 2.45) is 5.92 Å². The van der Waals surface area contributed by atoms with Crippen molar-refractivity contribution < 1.29 is 14.6 Å². The number of nitrogens with zero attached hydrogens (tertiary/aromatic N) is 1. The number of hydrogen-bond acceptors (Lipinski definition) is 4. The van der Waals surface area contributed by atoms with Crippen molar-refractivity contribution in [3.63, 3.8) is 0 Å². The molecule has 1 N–H and O–H groups in total. The molecule has 0 bridgehead atoms. The molecular weight excluding hydrogens is 226 g/mol. The normalized spacial score (nSPS) is 17.3. The van der Waals surface area contributed by atoms with Crippen molar-refractivity contribution in [2.75, 3.05) is 7.11 Å². The van der Waals surface area contributed by atoms with E-state index in [9.17, 15) is 4.79 Å². The number of carbonyl (C=O) groups is 1. The van der Waals surface area contributed by atoms with Gasteiger partial charge in [-0.2, -0.15) is 0 Å². The average Bonchev–Trinajstić information content (AvgIpc) is 2.96. The van der Waals surface area contributed by atoms with E-state index < -0.39 is 5.97 Å². The summed E-state index contributed by atoms with van der Waals surface area (Å²) < 4.78 is 5.43. The van der Waals surface area contributed by atoms with Crippen LogP contribution >= 0.6 is 11.3 Å². The summed E-state index contributed by atoms with van der Waals surface area (Å²) in [6, 6.07) is 0. The fourth-order valence-corrected chi connectivity index (χ4v) is 2.72. The van der Waals surface area contributed by atoms with Crippen molar-refractivity contribution in [2.45, 2.75) is 31.8 Å². The van der Waals surface area contributed by atoms with Crippen LogP contribution in [0.4, 0.5) is 0 Å². The van der Waals surface area contributed by atoms with Gasteiger partial charge in [-0.3, -0.25) is 4.79 Å². The van der Waals surface area contributed by atoms with Crippen molar-refractivity contribution in [1.82, 2.24) is 4.98 Å². The van der Waals surface area contributed by atoms with E-state index in [-0.39, 0.29) is 12.5 Å². The van der Waals surface area contributed by atoms with Crippen LogP contribution in [0.15, 0.2) is 5.38 Å². The fraction of sp³-hybridized carbons (Fsp3) is 0.636. The van der Waals surface area contributed by atoms with E-state index in [1.54, 1.807) is 18.4 Å². The van der Waals surface area contributed by atoms with Crippen molar-refractivity contribution in [3.05, 3.63) is 16.1 Å². The topological polar surface area (TPSA) is 59.4 Å². The van der Waals surface area contributed by atoms with Crippen molar-refractivity contribution >= 4 is 17.3 Å². The Morgan fingerprint density at radius 2 is 2.50 bits per heavy atom. The van der Waals surface area contributed by atoms with Crippen LogP contribution in [-0.4, -0.2) is 23.2 Å². The predicted molar refractivity (Wildman–Crippen MR) is 60.5 cm³/mol. The number of methoxy groups -OCH3 is 1. The summed E-state index contributed by atoms with van der Waals surface area (Å²) in [6.07, 6.45) is 3.19. The molecule has 16 heavy (non-hydrogen) atoms. The zero-order chi connectivity index (χ0) is 11.5. The lowest BCUT2D eigenvalue weighted by atomic mass is 10.2. The van der Waals surface area contributed by atoms with E-state index in [0.29, 0.717) is 12.3 Å². The Bertz CT molecular complexity index is 373. The molecule has 0 radical (unpaired) electrons. The number of aliphatic carboxylic acids is 1. The molecule has 0 saturated heterocycles. The van der Waals surface area contributed by atoms with Gasteiger partial charge in [0.25, 0.3) is 0 Å². The predicted octanol–water partition coefficient (Wildman–Crippen LogP) is 2.26. The summed E-state index contributed by atoms with van der Waals surface area (Å²) in [5.74, 6) is -0.163. The molecule has 1 fully saturated rings. The molecule has 2 rings (SSSR count). The van der Waals surface area contributed by atoms with Crippen molar-refractivity contribution in [3.8, 4) is 0 Å². The number of thiazole rings is 1. The molecule has 4 nitrogen and oxygen atoms in total. The van der Waals surface area contributed by atoms with Gasteiger partial charge < -0.3 is 9.84 Å². The summed E-state index contributed by atoms with van der Waals surface area (Å²) in [4.78, 5) is 14.9. The van der Waals surface area contributed by atoms with Crippen LogP contribution < -0.4 is 0 Å². The number of hydrogen-bond donors (Lipinski definition) is 1. The first kappa shape index (κ1) is 11.5. The second-order valence-corrected chi connectivity index (χ2v) is 4.95. The Morgan fingerprint density at radius 3 is 3.06 bits per heavy atom. The van der Waals surface area contributed by atoms with Crippen LogP contribution in [-0.2, 0) is 16.0 Å². The molecule has 88 valence electrons. The summed E-state index contributed by atoms with van der Waals surface area (Å²) in [5, 5.41) is 11.5. The Kier molecular flexibility index (Phi) is 3.56. The molecule has 0 spiro atoms. The van der Waals surface area contributed by atoms with Gasteiger partial charge in [-0.1, -0.05) is 0 Å². The zero-order valence-corrected chi connectivity index (χ0v) is 10.00. The van der Waals surface area contributed by atoms with E-state index in [4.69, 9.17) is 9.84 Å². The third-order valence-corrected chi connectivity index (χ3v) is 3.67. The highest BCUT2D eigenvalue weighted by Gasteiger charge is 2.34. The van der Waals surface area contributed by atoms with E-state index in [1.165, 1.54) is 12.8 Å². The van der Waals surface area contributed by atoms with E-state index >= 15 is 0 Å². The molecule has 1 saturated carbocycles. The minimum atomic E-state index is -0.778. The molecule has 1 heterocycles. The molecular formula is C11H15NO3S. The summed E-state index contributed by atoms with van der Waals surface area (Å²) in [6.45, 7) is 0. The lowest BCUT2D eigenvalue weighted by Crippen LogP contribution is -2.04. The van der Waals surface area contributed by atoms with Gasteiger partial charge in [-0.25, -0.2) is 4.98 Å². The van der Waals surface area contributed by atoms with Gasteiger partial charge in [-0.05, 0) is 18.8 Å². The molecule has 1 aromatic rings. The Morgan fingerprint density at radius 1 is 1.75 bits per heavy atom. The lowest BCUT2D eigenvalue weighted by Gasteiger charge is -2.10. The number of ether oxygens (including phenoxy) is 1. The monoisotopic (exact) mass is 241 g/mol. The minimum absolute atomic E-state index is 0.114. The lowest BCUT2D eigenvalue weighted by molar-refractivity contribution is -0.136. The first-order chi connectivity index (χ1) is 7.70. The number of carboxylic acids is 1. The third kappa shape index (κ3) is 2.80. The smallest absolute Gasteiger partial charge is 0.303 e. The van der Waals surface area contributed by atoms with Gasteiger partial charge in [0.05, 0.1) is 12.1 Å². The van der Waals surface area contributed by atoms with Gasteiger partial charge in [0, 0.05) is 18.9 Å². The first-order valence-corrected chi connectivity index (χ1v) is 6.27. The number of carboxylic acid groups (broad SMARTS) is 1. The fourth-order valence-electron chi connectivity index (χ4n) is 1.70. The molecule has 1 aromatic heterocycles. The first-order valence-electron chi connectivity index (χ1n) is 5.39. The van der Waals surface area contributed by atoms with Crippen LogP contribution in [0.3, 0.4) is 0 Å². The highest BCUT2D eigenvalue weighted by molar-refractivity contribution is 7.09. The molecule has 0 aliphatic heterocycles. The van der Waals surface area contributed by atoms with Gasteiger partial charge in [0.1, 0.15) is 11.1 Å². The van der Waals surface area contributed by atoms with Gasteiger partial charge in [0.15, 0.2) is 0 Å². The van der Waals surface area contributed by atoms with Crippen LogP contribution in [0.1, 0.15) is 36.1 Å². The maximum Gasteiger partial charge on any atom is 0.303 e. The van der Waals surface area contributed by atoms with Crippen LogP contribution in [0, 0.1) is 5.92 Å². The molecule has 1 atom stereocenters. The van der Waals surface area contributed by atoms with Crippen molar-refractivity contribution in [1.29, 1.82) is 0 Å². The molecule has 0 amide bonds. The van der Waals surface area contributed by atoms with Crippen LogP contribution in [0.2, 0.25) is 0 Å². The van der Waals surface area contributed by atoms with Crippen LogP contribution in [0.25, 0.3) is 0 Å². The second-order valence-electron chi connectivity index (χ2n) is 4.06. The standard InChI is InChI=1S/C11H15NO3S/c1-15-10(7-2-3-7)11-12-8(6-16-11)4-5-9(13)14/h6-7,10H,2-5H2,1H3,(H,13,14). The SMILES string of the molecule is COC(c1nc(CCC(=O)O)cs1)C1CC1. The minimum Gasteiger partial charge on any atom is -0.481 e. The van der Waals surface area contributed by atoms with Gasteiger partial charge in [-0.15, -0.1) is 11.3 Å². The van der Waals surface area contributed by atoms with Crippen LogP contribution in [0.5, 0.6) is 0 Å². The third-order valence-electron chi connectivity index (χ3n) is 2.71. The Hall–Kier alpha value is -0.940. The number of aryl methyl sites for hydroxylation is 1. The highest BCUT2D eigenvalue weighted by atomic mass is 32.1. The van der Waals surface area contributed by atoms with E-state index in [1.807, 2.05) is 5.38 Å². The molecule has 0 aromatic carbocycles. The Labute approximate surface area is 98.3 Å². The quantitative estimate of drug-likeness (QED) is 0.830. The summed E-state index contributed by atoms with van der Waals surface area (Å²) in [5.41, 5.74) is 0.866. The average molecular weight is 241 g/mol. The van der Waals surface area contributed by atoms with Gasteiger partial charge in [0.2, 0.25) is 0 Å². The molecule has 5 heteroatoms. The number of aromatic nitrogens is 1. The van der Waals surface area contributed by atoms with E-state index in [0.717, 1.165) is 10.7 Å². The molecule has 1 aliphatic carbocycles. The maximum atomic E-state index is 10.4. The summed E-state index contributed by atoms with van der Waals surface area (Å²) >= 11 is 1.57. The Balaban J connectivity index is 1.97. The highest BCUT2D eigenvalue weighted by Crippen LogP contribution is 2.43. The maximum absolute atomic E-state index is 10.4. The second kappa shape index (κ2) is 4.93. The molecule has 1 unspecified atom stereocenters. The zero-order valence-electron chi connectivity index (χ0n) is 9.18.